The first-order valence-corrected chi connectivity index (χ1v) is 13.8. The first-order valence-electron chi connectivity index (χ1n) is 13.1. The molecule has 9 nitrogen and oxygen atoms in total. The molecule has 12 heteroatoms. The van der Waals surface area contributed by atoms with Gasteiger partial charge in [0.2, 0.25) is 0 Å². The van der Waals surface area contributed by atoms with E-state index in [-0.39, 0.29) is 53.6 Å². The van der Waals surface area contributed by atoms with Crippen LogP contribution in [0.3, 0.4) is 0 Å². The van der Waals surface area contributed by atoms with Gasteiger partial charge < -0.3 is 25.0 Å². The van der Waals surface area contributed by atoms with Crippen LogP contribution in [0.2, 0.25) is 10.0 Å². The molecule has 2 unspecified atom stereocenters. The Morgan fingerprint density at radius 2 is 1.85 bits per heavy atom. The molecule has 2 heterocycles. The molecule has 2 bridgehead atoms. The van der Waals surface area contributed by atoms with Crippen molar-refractivity contribution in [2.24, 2.45) is 5.92 Å². The van der Waals surface area contributed by atoms with E-state index in [0.29, 0.717) is 28.4 Å². The predicted octanol–water partition coefficient (Wildman–Crippen LogP) is 4.17. The van der Waals surface area contributed by atoms with Gasteiger partial charge in [0.05, 0.1) is 17.3 Å². The van der Waals surface area contributed by atoms with Gasteiger partial charge in [0.25, 0.3) is 17.7 Å². The second-order valence-electron chi connectivity index (χ2n) is 10.6. The quantitative estimate of drug-likeness (QED) is 0.422. The van der Waals surface area contributed by atoms with E-state index < -0.39 is 17.5 Å². The van der Waals surface area contributed by atoms with Gasteiger partial charge in [-0.25, -0.2) is 4.39 Å². The van der Waals surface area contributed by atoms with E-state index in [1.54, 1.807) is 30.3 Å². The van der Waals surface area contributed by atoms with Crippen LogP contribution in [0, 0.1) is 11.7 Å². The lowest BCUT2D eigenvalue weighted by molar-refractivity contribution is -0.129. The zero-order valence-electron chi connectivity index (χ0n) is 21.6. The molecule has 3 aliphatic carbocycles. The molecule has 2 atom stereocenters. The third kappa shape index (κ3) is 5.54. The van der Waals surface area contributed by atoms with Gasteiger partial charge in [0.1, 0.15) is 17.3 Å². The predicted molar refractivity (Wildman–Crippen MR) is 149 cm³/mol. The lowest BCUT2D eigenvalue weighted by Crippen LogP contribution is -2.53. The summed E-state index contributed by atoms with van der Waals surface area (Å²) in [5.74, 6) is -0.815. The molecule has 0 radical (unpaired) electrons. The Morgan fingerprint density at radius 3 is 2.61 bits per heavy atom. The fraction of sp³-hybridized carbons (Fsp3) is 0.310. The molecule has 3 fully saturated rings. The van der Waals surface area contributed by atoms with Crippen molar-refractivity contribution in [2.75, 3.05) is 18.1 Å². The molecule has 212 valence electrons. The summed E-state index contributed by atoms with van der Waals surface area (Å²) in [5, 5.41) is 6.51. The standard InChI is InChI=1S/C29H25Cl2FN4O5/c30-18-1-4-24-23(9-18)36(28(39)16-5-7-33-8-6-16)14-25(41-24)27(38)34-22-13-29(11-17(22)12-29)35-26(37)15-40-19-2-3-20(31)21(32)10-19/h1-10,17,22,25H,11-15H2,(H,34,38)(H,35,37). The van der Waals surface area contributed by atoms with E-state index in [9.17, 15) is 18.8 Å². The van der Waals surface area contributed by atoms with Crippen molar-refractivity contribution in [3.05, 3.63) is 82.4 Å². The number of anilines is 1. The normalized spacial score (nSPS) is 24.0. The summed E-state index contributed by atoms with van der Waals surface area (Å²) in [5.41, 5.74) is 0.470. The van der Waals surface area contributed by atoms with Crippen molar-refractivity contribution >= 4 is 46.6 Å². The van der Waals surface area contributed by atoms with E-state index in [1.165, 1.54) is 29.4 Å². The Kier molecular flexibility index (Phi) is 7.21. The van der Waals surface area contributed by atoms with Crippen LogP contribution < -0.4 is 25.0 Å². The third-order valence-corrected chi connectivity index (χ3v) is 8.31. The molecule has 1 aromatic heterocycles. The van der Waals surface area contributed by atoms with Crippen molar-refractivity contribution in [1.82, 2.24) is 15.6 Å². The number of pyridine rings is 1. The second-order valence-corrected chi connectivity index (χ2v) is 11.4. The molecule has 3 amide bonds. The SMILES string of the molecule is O=C(COc1ccc(Cl)c(F)c1)NC12CC(C1)C(NC(=O)C1CN(C(=O)c3ccncc3)c3cc(Cl)ccc3O1)C2. The van der Waals surface area contributed by atoms with Crippen LogP contribution in [-0.2, 0) is 9.59 Å². The first kappa shape index (κ1) is 27.3. The van der Waals surface area contributed by atoms with Crippen molar-refractivity contribution in [1.29, 1.82) is 0 Å². The number of fused-ring (bicyclic) bond motifs is 2. The van der Waals surface area contributed by atoms with E-state index in [2.05, 4.69) is 15.6 Å². The molecular formula is C29H25Cl2FN4O5. The number of carbonyl (C=O) groups is 3. The van der Waals surface area contributed by atoms with E-state index in [0.717, 1.165) is 18.9 Å². The van der Waals surface area contributed by atoms with Gasteiger partial charge in [0, 0.05) is 40.6 Å². The van der Waals surface area contributed by atoms with Crippen molar-refractivity contribution in [3.63, 3.8) is 0 Å². The van der Waals surface area contributed by atoms with Gasteiger partial charge in [-0.15, -0.1) is 0 Å². The minimum atomic E-state index is -0.939. The average Bonchev–Trinajstić information content (AvgIpc) is 3.46. The minimum Gasteiger partial charge on any atom is -0.484 e. The van der Waals surface area contributed by atoms with Crippen LogP contribution in [0.15, 0.2) is 60.9 Å². The van der Waals surface area contributed by atoms with Gasteiger partial charge in [-0.3, -0.25) is 19.4 Å². The Balaban J connectivity index is 1.07. The maximum Gasteiger partial charge on any atom is 0.263 e. The number of ether oxygens (including phenoxy) is 2. The number of hydrogen-bond donors (Lipinski definition) is 2. The molecule has 0 spiro atoms. The molecular weight excluding hydrogens is 574 g/mol. The molecule has 3 aromatic rings. The Labute approximate surface area is 244 Å². The summed E-state index contributed by atoms with van der Waals surface area (Å²) in [7, 11) is 0. The van der Waals surface area contributed by atoms with Crippen molar-refractivity contribution in [3.8, 4) is 11.5 Å². The number of carbonyl (C=O) groups excluding carboxylic acids is 3. The highest BCUT2D eigenvalue weighted by Crippen LogP contribution is 2.52. The first-order chi connectivity index (χ1) is 19.7. The maximum atomic E-state index is 13.6. The molecule has 1 aliphatic heterocycles. The summed E-state index contributed by atoms with van der Waals surface area (Å²) in [6, 6.07) is 11.9. The van der Waals surface area contributed by atoms with Crippen LogP contribution in [0.25, 0.3) is 0 Å². The van der Waals surface area contributed by atoms with Gasteiger partial charge in [-0.05, 0) is 67.6 Å². The highest BCUT2D eigenvalue weighted by molar-refractivity contribution is 6.31. The third-order valence-electron chi connectivity index (χ3n) is 7.77. The summed E-state index contributed by atoms with van der Waals surface area (Å²) < 4.78 is 25.0. The summed E-state index contributed by atoms with van der Waals surface area (Å²) >= 11 is 11.9. The van der Waals surface area contributed by atoms with Crippen LogP contribution >= 0.6 is 23.2 Å². The number of hydrogen-bond acceptors (Lipinski definition) is 6. The average molecular weight is 599 g/mol. The van der Waals surface area contributed by atoms with Crippen LogP contribution in [0.4, 0.5) is 10.1 Å². The molecule has 7 rings (SSSR count). The monoisotopic (exact) mass is 598 g/mol. The van der Waals surface area contributed by atoms with E-state index in [4.69, 9.17) is 32.7 Å². The minimum absolute atomic E-state index is 0.00221. The lowest BCUT2D eigenvalue weighted by Gasteiger charge is -2.39. The molecule has 41 heavy (non-hydrogen) atoms. The number of amides is 3. The highest BCUT2D eigenvalue weighted by atomic mass is 35.5. The summed E-state index contributed by atoms with van der Waals surface area (Å²) in [6.07, 6.45) is 4.12. The number of nitrogens with one attached hydrogen (secondary N) is 2. The number of aromatic nitrogens is 1. The number of nitrogens with zero attached hydrogens (tertiary/aromatic N) is 2. The largest absolute Gasteiger partial charge is 0.484 e. The Bertz CT molecular complexity index is 1520. The zero-order chi connectivity index (χ0) is 28.7. The van der Waals surface area contributed by atoms with Crippen LogP contribution in [-0.4, -0.2) is 53.5 Å². The molecule has 2 N–H and O–H groups in total. The Morgan fingerprint density at radius 1 is 1.07 bits per heavy atom. The Hall–Kier alpha value is -3.89. The van der Waals surface area contributed by atoms with Gasteiger partial charge in [-0.2, -0.15) is 0 Å². The lowest BCUT2D eigenvalue weighted by atomic mass is 9.76. The summed E-state index contributed by atoms with van der Waals surface area (Å²) in [6.45, 7) is -0.270. The van der Waals surface area contributed by atoms with Crippen molar-refractivity contribution in [2.45, 2.75) is 36.9 Å². The smallest absolute Gasteiger partial charge is 0.263 e. The number of rotatable bonds is 7. The zero-order valence-corrected chi connectivity index (χ0v) is 23.1. The highest BCUT2D eigenvalue weighted by Gasteiger charge is 2.57. The molecule has 0 saturated heterocycles. The number of halogens is 3. The molecule has 3 saturated carbocycles. The van der Waals surface area contributed by atoms with Gasteiger partial charge in [0.15, 0.2) is 12.7 Å². The van der Waals surface area contributed by atoms with E-state index in [1.807, 2.05) is 0 Å². The fourth-order valence-corrected chi connectivity index (χ4v) is 6.15. The number of benzene rings is 2. The van der Waals surface area contributed by atoms with Gasteiger partial charge in [-0.1, -0.05) is 23.2 Å². The fourth-order valence-electron chi connectivity index (χ4n) is 5.86. The molecule has 2 aromatic carbocycles. The maximum absolute atomic E-state index is 13.6. The molecule has 4 aliphatic rings. The topological polar surface area (TPSA) is 110 Å². The van der Waals surface area contributed by atoms with E-state index >= 15 is 0 Å². The summed E-state index contributed by atoms with van der Waals surface area (Å²) in [4.78, 5) is 44.8. The van der Waals surface area contributed by atoms with Crippen molar-refractivity contribution < 1.29 is 28.2 Å². The van der Waals surface area contributed by atoms with Crippen LogP contribution in [0.5, 0.6) is 11.5 Å². The van der Waals surface area contributed by atoms with Gasteiger partial charge >= 0.3 is 0 Å². The second kappa shape index (κ2) is 10.8. The van der Waals surface area contributed by atoms with Crippen LogP contribution in [0.1, 0.15) is 29.6 Å².